The standard InChI is InChI=1S/C17H18N6O5S/c1-29(27,28)18-7-11-9-23(21-20-11)12-2-3-13-10(6-12)8-22(17(13)26)14-4-5-15(24)19-16(14)25/h2-3,6,9,14,18H,4-5,7-8H2,1H3,(H,19,24,25). The number of aromatic nitrogens is 3. The summed E-state index contributed by atoms with van der Waals surface area (Å²) in [7, 11) is -3.34. The van der Waals surface area contributed by atoms with Crippen LogP contribution in [0.4, 0.5) is 0 Å². The molecule has 1 atom stereocenters. The van der Waals surface area contributed by atoms with Crippen molar-refractivity contribution in [3.8, 4) is 5.69 Å². The number of hydrogen-bond donors (Lipinski definition) is 2. The van der Waals surface area contributed by atoms with Gasteiger partial charge in [0.05, 0.1) is 30.4 Å². The molecule has 1 aromatic carbocycles. The second-order valence-electron chi connectivity index (χ2n) is 6.99. The second-order valence-corrected chi connectivity index (χ2v) is 8.82. The van der Waals surface area contributed by atoms with Gasteiger partial charge < -0.3 is 4.90 Å². The Bertz CT molecular complexity index is 1130. The molecular formula is C17H18N6O5S. The molecule has 1 fully saturated rings. The summed E-state index contributed by atoms with van der Waals surface area (Å²) in [5.74, 6) is -1.04. The van der Waals surface area contributed by atoms with Gasteiger partial charge in [0.15, 0.2) is 0 Å². The molecule has 2 aliphatic heterocycles. The molecule has 1 unspecified atom stereocenters. The molecule has 0 saturated carbocycles. The Morgan fingerprint density at radius 2 is 2.07 bits per heavy atom. The lowest BCUT2D eigenvalue weighted by Gasteiger charge is -2.29. The first kappa shape index (κ1) is 19.2. The van der Waals surface area contributed by atoms with Gasteiger partial charge in [0, 0.05) is 18.5 Å². The van der Waals surface area contributed by atoms with Gasteiger partial charge in [-0.05, 0) is 30.2 Å². The zero-order valence-electron chi connectivity index (χ0n) is 15.5. The lowest BCUT2D eigenvalue weighted by molar-refractivity contribution is -0.136. The summed E-state index contributed by atoms with van der Waals surface area (Å²) in [5.41, 5.74) is 2.33. The van der Waals surface area contributed by atoms with E-state index in [0.717, 1.165) is 11.8 Å². The third kappa shape index (κ3) is 3.89. The van der Waals surface area contributed by atoms with Gasteiger partial charge in [-0.1, -0.05) is 5.21 Å². The number of amides is 3. The largest absolute Gasteiger partial charge is 0.322 e. The number of rotatable bonds is 5. The molecule has 29 heavy (non-hydrogen) atoms. The third-order valence-corrected chi connectivity index (χ3v) is 5.50. The van der Waals surface area contributed by atoms with E-state index >= 15 is 0 Å². The zero-order valence-corrected chi connectivity index (χ0v) is 16.3. The molecule has 0 radical (unpaired) electrons. The molecule has 12 heteroatoms. The molecule has 0 aliphatic carbocycles. The highest BCUT2D eigenvalue weighted by molar-refractivity contribution is 7.88. The summed E-state index contributed by atoms with van der Waals surface area (Å²) in [5, 5.41) is 10.2. The minimum absolute atomic E-state index is 0.0194. The number of imide groups is 1. The van der Waals surface area contributed by atoms with Crippen LogP contribution in [0.5, 0.6) is 0 Å². The molecule has 1 aromatic heterocycles. The quantitative estimate of drug-likeness (QED) is 0.598. The van der Waals surface area contributed by atoms with Crippen molar-refractivity contribution in [2.24, 2.45) is 0 Å². The zero-order chi connectivity index (χ0) is 20.8. The van der Waals surface area contributed by atoms with Crippen molar-refractivity contribution in [3.63, 3.8) is 0 Å². The number of sulfonamides is 1. The minimum atomic E-state index is -3.34. The van der Waals surface area contributed by atoms with Crippen LogP contribution in [0, 0.1) is 0 Å². The van der Waals surface area contributed by atoms with Crippen molar-refractivity contribution in [3.05, 3.63) is 41.2 Å². The highest BCUT2D eigenvalue weighted by Gasteiger charge is 2.39. The summed E-state index contributed by atoms with van der Waals surface area (Å²) < 4.78 is 26.2. The first-order valence-corrected chi connectivity index (χ1v) is 10.7. The molecule has 2 aromatic rings. The molecule has 152 valence electrons. The Labute approximate surface area is 166 Å². The van der Waals surface area contributed by atoms with Crippen LogP contribution in [0.3, 0.4) is 0 Å². The molecule has 2 aliphatic rings. The number of hydrogen-bond acceptors (Lipinski definition) is 7. The van der Waals surface area contributed by atoms with E-state index in [0.29, 0.717) is 23.4 Å². The van der Waals surface area contributed by atoms with E-state index < -0.39 is 22.0 Å². The van der Waals surface area contributed by atoms with Gasteiger partial charge in [-0.2, -0.15) is 0 Å². The lowest BCUT2D eigenvalue weighted by atomic mass is 10.0. The van der Waals surface area contributed by atoms with Crippen molar-refractivity contribution in [2.75, 3.05) is 6.26 Å². The summed E-state index contributed by atoms with van der Waals surface area (Å²) >= 11 is 0. The Hall–Kier alpha value is -3.12. The van der Waals surface area contributed by atoms with Crippen LogP contribution in [0.1, 0.15) is 34.5 Å². The molecule has 1 saturated heterocycles. The molecule has 3 amide bonds. The first-order chi connectivity index (χ1) is 13.7. The van der Waals surface area contributed by atoms with Crippen molar-refractivity contribution in [1.29, 1.82) is 0 Å². The van der Waals surface area contributed by atoms with Gasteiger partial charge in [0.2, 0.25) is 21.8 Å². The van der Waals surface area contributed by atoms with E-state index in [1.807, 2.05) is 0 Å². The summed E-state index contributed by atoms with van der Waals surface area (Å²) in [6.07, 6.45) is 3.15. The molecule has 0 bridgehead atoms. The Morgan fingerprint density at radius 1 is 1.28 bits per heavy atom. The Kier molecular flexibility index (Phi) is 4.67. The fourth-order valence-electron chi connectivity index (χ4n) is 3.41. The highest BCUT2D eigenvalue weighted by atomic mass is 32.2. The molecule has 3 heterocycles. The molecule has 2 N–H and O–H groups in total. The van der Waals surface area contributed by atoms with Gasteiger partial charge in [-0.25, -0.2) is 17.8 Å². The van der Waals surface area contributed by atoms with Crippen molar-refractivity contribution >= 4 is 27.7 Å². The van der Waals surface area contributed by atoms with Gasteiger partial charge >= 0.3 is 0 Å². The number of nitrogens with one attached hydrogen (secondary N) is 2. The second kappa shape index (κ2) is 7.04. The van der Waals surface area contributed by atoms with E-state index in [1.54, 1.807) is 24.4 Å². The topological polar surface area (TPSA) is 143 Å². The number of carbonyl (C=O) groups excluding carboxylic acids is 3. The maximum absolute atomic E-state index is 12.7. The Morgan fingerprint density at radius 3 is 2.79 bits per heavy atom. The maximum Gasteiger partial charge on any atom is 0.255 e. The maximum atomic E-state index is 12.7. The van der Waals surface area contributed by atoms with Gasteiger partial charge in [0.1, 0.15) is 6.04 Å². The van der Waals surface area contributed by atoms with Crippen molar-refractivity contribution in [2.45, 2.75) is 32.0 Å². The van der Waals surface area contributed by atoms with Crippen LogP contribution in [0.15, 0.2) is 24.4 Å². The lowest BCUT2D eigenvalue weighted by Crippen LogP contribution is -2.52. The number of nitrogens with zero attached hydrogens (tertiary/aromatic N) is 4. The van der Waals surface area contributed by atoms with Crippen LogP contribution in [-0.4, -0.2) is 58.3 Å². The van der Waals surface area contributed by atoms with E-state index in [2.05, 4.69) is 20.4 Å². The predicted octanol–water partition coefficient (Wildman–Crippen LogP) is -0.922. The Balaban J connectivity index is 1.53. The number of benzene rings is 1. The summed E-state index contributed by atoms with van der Waals surface area (Å²) in [6, 6.07) is 4.47. The van der Waals surface area contributed by atoms with Crippen molar-refractivity contribution in [1.82, 2.24) is 29.9 Å². The first-order valence-electron chi connectivity index (χ1n) is 8.85. The van der Waals surface area contributed by atoms with Gasteiger partial charge in [0.25, 0.3) is 5.91 Å². The van der Waals surface area contributed by atoms with Crippen LogP contribution >= 0.6 is 0 Å². The third-order valence-electron chi connectivity index (χ3n) is 4.83. The number of piperidine rings is 1. The SMILES string of the molecule is CS(=O)(=O)NCc1cn(-c2ccc3c(c2)CN(C2CCC(=O)NC2=O)C3=O)nn1. The highest BCUT2D eigenvalue weighted by Crippen LogP contribution is 2.28. The van der Waals surface area contributed by atoms with Crippen molar-refractivity contribution < 1.29 is 22.8 Å². The minimum Gasteiger partial charge on any atom is -0.322 e. The van der Waals surface area contributed by atoms with Crippen LogP contribution in [0.2, 0.25) is 0 Å². The molecule has 11 nitrogen and oxygen atoms in total. The van der Waals surface area contributed by atoms with Gasteiger partial charge in [-0.15, -0.1) is 5.10 Å². The van der Waals surface area contributed by atoms with Crippen LogP contribution in [-0.2, 0) is 32.7 Å². The fourth-order valence-corrected chi connectivity index (χ4v) is 3.82. The smallest absolute Gasteiger partial charge is 0.255 e. The monoisotopic (exact) mass is 418 g/mol. The fraction of sp³-hybridized carbons (Fsp3) is 0.353. The average molecular weight is 418 g/mol. The molecule has 4 rings (SSSR count). The van der Waals surface area contributed by atoms with Gasteiger partial charge in [-0.3, -0.25) is 19.7 Å². The average Bonchev–Trinajstić information content (AvgIpc) is 3.24. The molecular weight excluding hydrogens is 400 g/mol. The van der Waals surface area contributed by atoms with E-state index in [4.69, 9.17) is 0 Å². The van der Waals surface area contributed by atoms with E-state index in [1.165, 1.54) is 9.58 Å². The number of fused-ring (bicyclic) bond motifs is 1. The number of carbonyl (C=O) groups is 3. The molecule has 0 spiro atoms. The van der Waals surface area contributed by atoms with Crippen LogP contribution in [0.25, 0.3) is 5.69 Å². The van der Waals surface area contributed by atoms with Crippen LogP contribution < -0.4 is 10.0 Å². The predicted molar refractivity (Wildman–Crippen MR) is 99.1 cm³/mol. The summed E-state index contributed by atoms with van der Waals surface area (Å²) in [6.45, 7) is 0.275. The normalized spacial score (nSPS) is 19.4. The summed E-state index contributed by atoms with van der Waals surface area (Å²) in [4.78, 5) is 37.7. The van der Waals surface area contributed by atoms with E-state index in [9.17, 15) is 22.8 Å². The van der Waals surface area contributed by atoms with E-state index in [-0.39, 0.29) is 31.3 Å².